The van der Waals surface area contributed by atoms with E-state index < -0.39 is 18.5 Å². The van der Waals surface area contributed by atoms with Gasteiger partial charge in [-0.05, 0) is 48.7 Å². The Bertz CT molecular complexity index is 983. The normalized spacial score (nSPS) is 10.2. The van der Waals surface area contributed by atoms with E-state index in [0.717, 1.165) is 11.4 Å². The maximum Gasteiger partial charge on any atom is 0.338 e. The highest BCUT2D eigenvalue weighted by atomic mass is 32.1. The van der Waals surface area contributed by atoms with Crippen molar-refractivity contribution in [3.63, 3.8) is 0 Å². The topological polar surface area (TPSA) is 97.0 Å². The van der Waals surface area contributed by atoms with Gasteiger partial charge >= 0.3 is 5.97 Å². The quantitative estimate of drug-likeness (QED) is 0.700. The third-order valence-electron chi connectivity index (χ3n) is 3.55. The lowest BCUT2D eigenvalue weighted by Crippen LogP contribution is -2.20. The average Bonchev–Trinajstić information content (AvgIpc) is 3.28. The van der Waals surface area contributed by atoms with Crippen molar-refractivity contribution >= 4 is 28.2 Å². The van der Waals surface area contributed by atoms with Gasteiger partial charge in [-0.1, -0.05) is 0 Å². The summed E-state index contributed by atoms with van der Waals surface area (Å²) >= 11 is 1.23. The van der Waals surface area contributed by atoms with Crippen molar-refractivity contribution in [2.75, 3.05) is 11.9 Å². The van der Waals surface area contributed by atoms with Crippen LogP contribution in [-0.2, 0) is 9.53 Å². The summed E-state index contributed by atoms with van der Waals surface area (Å²) in [5.41, 5.74) is 2.50. The number of ether oxygens (including phenoxy) is 1. The molecular weight excluding hydrogens is 352 g/mol. The van der Waals surface area contributed by atoms with Crippen molar-refractivity contribution in [1.82, 2.24) is 9.78 Å². The number of carbonyl (C=O) groups excluding carboxylic acids is 2. The van der Waals surface area contributed by atoms with Gasteiger partial charge in [0.15, 0.2) is 6.61 Å². The molecule has 0 aliphatic heterocycles. The molecule has 26 heavy (non-hydrogen) atoms. The molecule has 0 aliphatic carbocycles. The number of rotatable bonds is 5. The summed E-state index contributed by atoms with van der Waals surface area (Å²) in [6.07, 6.45) is 1.70. The van der Waals surface area contributed by atoms with Gasteiger partial charge in [0.05, 0.1) is 16.8 Å². The Morgan fingerprint density at radius 1 is 1.27 bits per heavy atom. The number of hydrogen-bond acceptors (Lipinski definition) is 6. The van der Waals surface area contributed by atoms with Gasteiger partial charge in [0, 0.05) is 11.9 Å². The number of aryl methyl sites for hydroxylation is 1. The van der Waals surface area contributed by atoms with E-state index in [-0.39, 0.29) is 0 Å². The summed E-state index contributed by atoms with van der Waals surface area (Å²) in [7, 11) is 0. The first kappa shape index (κ1) is 17.4. The zero-order valence-electron chi connectivity index (χ0n) is 13.8. The van der Waals surface area contributed by atoms with Crippen LogP contribution in [0.3, 0.4) is 0 Å². The fourth-order valence-corrected chi connectivity index (χ4v) is 3.00. The summed E-state index contributed by atoms with van der Waals surface area (Å²) < 4.78 is 6.76. The second kappa shape index (κ2) is 7.63. The first-order valence-electron chi connectivity index (χ1n) is 7.64. The molecule has 0 atom stereocenters. The number of nitriles is 1. The Labute approximate surface area is 153 Å². The largest absolute Gasteiger partial charge is 0.452 e. The van der Waals surface area contributed by atoms with Crippen LogP contribution >= 0.6 is 11.3 Å². The molecule has 8 heteroatoms. The highest BCUT2D eigenvalue weighted by Gasteiger charge is 2.13. The zero-order chi connectivity index (χ0) is 18.5. The van der Waals surface area contributed by atoms with E-state index in [0.29, 0.717) is 16.1 Å². The minimum atomic E-state index is -0.601. The average molecular weight is 366 g/mol. The van der Waals surface area contributed by atoms with E-state index in [9.17, 15) is 9.59 Å². The number of aromatic nitrogens is 2. The Morgan fingerprint density at radius 3 is 2.69 bits per heavy atom. The van der Waals surface area contributed by atoms with Crippen LogP contribution in [0.1, 0.15) is 21.6 Å². The monoisotopic (exact) mass is 366 g/mol. The van der Waals surface area contributed by atoms with Gasteiger partial charge < -0.3 is 10.1 Å². The molecule has 7 nitrogen and oxygen atoms in total. The molecule has 0 spiro atoms. The number of nitrogens with one attached hydrogen (secondary N) is 1. The second-order valence-electron chi connectivity index (χ2n) is 5.33. The third-order valence-corrected chi connectivity index (χ3v) is 4.38. The molecule has 0 fully saturated rings. The van der Waals surface area contributed by atoms with Crippen LogP contribution in [0.5, 0.6) is 0 Å². The maximum atomic E-state index is 12.1. The molecule has 0 radical (unpaired) electrons. The predicted molar refractivity (Wildman–Crippen MR) is 96.2 cm³/mol. The Morgan fingerprint density at radius 2 is 2.04 bits per heavy atom. The molecule has 130 valence electrons. The van der Waals surface area contributed by atoms with Gasteiger partial charge in [0.2, 0.25) is 0 Å². The summed E-state index contributed by atoms with van der Waals surface area (Å²) in [5.74, 6) is -1.10. The number of benzene rings is 1. The van der Waals surface area contributed by atoms with E-state index in [1.54, 1.807) is 46.6 Å². The van der Waals surface area contributed by atoms with Gasteiger partial charge in [-0.2, -0.15) is 10.4 Å². The highest BCUT2D eigenvalue weighted by molar-refractivity contribution is 7.14. The summed E-state index contributed by atoms with van der Waals surface area (Å²) in [6.45, 7) is 1.50. The van der Waals surface area contributed by atoms with Gasteiger partial charge in [0.25, 0.3) is 5.91 Å². The molecule has 0 aliphatic rings. The van der Waals surface area contributed by atoms with Crippen LogP contribution in [0.15, 0.2) is 48.0 Å². The molecular formula is C18H14N4O3S. The Kier molecular flexibility index (Phi) is 5.10. The minimum absolute atomic E-state index is 0.334. The maximum absolute atomic E-state index is 12.1. The van der Waals surface area contributed by atoms with Gasteiger partial charge in [-0.3, -0.25) is 4.79 Å². The summed E-state index contributed by atoms with van der Waals surface area (Å²) in [4.78, 5) is 23.9. The van der Waals surface area contributed by atoms with E-state index in [4.69, 9.17) is 10.00 Å². The first-order chi connectivity index (χ1) is 12.6. The first-order valence-corrected chi connectivity index (χ1v) is 8.52. The fraction of sp³-hybridized carbons (Fsp3) is 0.111. The highest BCUT2D eigenvalue weighted by Crippen LogP contribution is 2.21. The molecule has 0 bridgehead atoms. The standard InChI is InChI=1S/C18H14N4O3S/c1-12-6-8-20-22(12)15-4-2-13(3-5-15)18(24)25-11-16(23)21-17-14(10-19)7-9-26-17/h2-9H,11H2,1H3,(H,21,23). The summed E-state index contributed by atoms with van der Waals surface area (Å²) in [5, 5.41) is 17.8. The molecule has 0 unspecified atom stereocenters. The number of hydrogen-bond donors (Lipinski definition) is 1. The fourth-order valence-electron chi connectivity index (χ4n) is 2.25. The predicted octanol–water partition coefficient (Wildman–Crippen LogP) is 2.91. The molecule has 2 heterocycles. The molecule has 0 saturated heterocycles. The van der Waals surface area contributed by atoms with E-state index in [2.05, 4.69) is 10.4 Å². The minimum Gasteiger partial charge on any atom is -0.452 e. The Balaban J connectivity index is 1.57. The van der Waals surface area contributed by atoms with Crippen molar-refractivity contribution in [3.05, 3.63) is 64.8 Å². The van der Waals surface area contributed by atoms with Crippen molar-refractivity contribution in [1.29, 1.82) is 5.26 Å². The lowest BCUT2D eigenvalue weighted by atomic mass is 10.2. The van der Waals surface area contributed by atoms with Crippen molar-refractivity contribution in [3.8, 4) is 11.8 Å². The third kappa shape index (κ3) is 3.79. The van der Waals surface area contributed by atoms with Gasteiger partial charge in [0.1, 0.15) is 11.1 Å². The second-order valence-corrected chi connectivity index (χ2v) is 6.25. The summed E-state index contributed by atoms with van der Waals surface area (Å²) in [6, 6.07) is 12.2. The smallest absolute Gasteiger partial charge is 0.338 e. The zero-order valence-corrected chi connectivity index (χ0v) is 14.6. The van der Waals surface area contributed by atoms with E-state index in [1.165, 1.54) is 11.3 Å². The van der Waals surface area contributed by atoms with Gasteiger partial charge in [-0.25, -0.2) is 9.48 Å². The number of esters is 1. The lowest BCUT2D eigenvalue weighted by molar-refractivity contribution is -0.119. The molecule has 2 aromatic heterocycles. The van der Waals surface area contributed by atoms with Crippen molar-refractivity contribution in [2.45, 2.75) is 6.92 Å². The molecule has 1 amide bonds. The number of thiophene rings is 1. The van der Waals surface area contributed by atoms with Crippen LogP contribution in [-0.4, -0.2) is 28.3 Å². The number of carbonyl (C=O) groups is 2. The van der Waals surface area contributed by atoms with E-state index in [1.807, 2.05) is 19.1 Å². The van der Waals surface area contributed by atoms with Crippen molar-refractivity contribution in [2.24, 2.45) is 0 Å². The van der Waals surface area contributed by atoms with Crippen LogP contribution < -0.4 is 5.32 Å². The SMILES string of the molecule is Cc1ccnn1-c1ccc(C(=O)OCC(=O)Nc2sccc2C#N)cc1. The number of anilines is 1. The van der Waals surface area contributed by atoms with Crippen molar-refractivity contribution < 1.29 is 14.3 Å². The molecule has 1 aromatic carbocycles. The number of amides is 1. The van der Waals surface area contributed by atoms with Crippen LogP contribution in [0.2, 0.25) is 0 Å². The van der Waals surface area contributed by atoms with Gasteiger partial charge in [-0.15, -0.1) is 11.3 Å². The Hall–Kier alpha value is -3.44. The van der Waals surface area contributed by atoms with Crippen LogP contribution in [0, 0.1) is 18.3 Å². The molecule has 0 saturated carbocycles. The molecule has 3 rings (SSSR count). The lowest BCUT2D eigenvalue weighted by Gasteiger charge is -2.07. The molecule has 3 aromatic rings. The molecule has 1 N–H and O–H groups in total. The number of nitrogens with zero attached hydrogens (tertiary/aromatic N) is 3. The van der Waals surface area contributed by atoms with Crippen LogP contribution in [0.4, 0.5) is 5.00 Å². The van der Waals surface area contributed by atoms with E-state index >= 15 is 0 Å². The van der Waals surface area contributed by atoms with Crippen LogP contribution in [0.25, 0.3) is 5.69 Å².